The van der Waals surface area contributed by atoms with E-state index in [1.807, 2.05) is 43.3 Å². The van der Waals surface area contributed by atoms with Gasteiger partial charge in [0, 0.05) is 10.9 Å². The number of nitrogens with zero attached hydrogens (tertiary/aromatic N) is 3. The second-order valence-electron chi connectivity index (χ2n) is 6.94. The van der Waals surface area contributed by atoms with Gasteiger partial charge in [0.2, 0.25) is 5.89 Å². The molecule has 0 spiro atoms. The maximum Gasteiger partial charge on any atom is 0.341 e. The molecule has 0 saturated carbocycles. The Labute approximate surface area is 173 Å². The first-order valence-electron chi connectivity index (χ1n) is 9.52. The highest BCUT2D eigenvalue weighted by Crippen LogP contribution is 2.27. The smallest absolute Gasteiger partial charge is 0.341 e. The van der Waals surface area contributed by atoms with E-state index in [2.05, 4.69) is 15.2 Å². The molecule has 0 aliphatic heterocycles. The maximum atomic E-state index is 12.9. The second-order valence-corrected chi connectivity index (χ2v) is 6.94. The van der Waals surface area contributed by atoms with Gasteiger partial charge in [0.1, 0.15) is 5.75 Å². The molecule has 2 aromatic heterocycles. The molecule has 0 aliphatic carbocycles. The summed E-state index contributed by atoms with van der Waals surface area (Å²) < 4.78 is 16.5. The van der Waals surface area contributed by atoms with Crippen molar-refractivity contribution in [1.29, 1.82) is 0 Å². The van der Waals surface area contributed by atoms with Crippen molar-refractivity contribution in [3.63, 3.8) is 0 Å². The Bertz CT molecular complexity index is 1220. The molecule has 2 aromatic carbocycles. The molecule has 0 radical (unpaired) electrons. The third-order valence-electron chi connectivity index (χ3n) is 4.95. The van der Waals surface area contributed by atoms with Crippen LogP contribution in [-0.2, 0) is 4.74 Å². The highest BCUT2D eigenvalue weighted by Gasteiger charge is 2.23. The van der Waals surface area contributed by atoms with E-state index in [1.54, 1.807) is 33.1 Å². The van der Waals surface area contributed by atoms with Crippen molar-refractivity contribution < 1.29 is 18.7 Å². The van der Waals surface area contributed by atoms with Crippen LogP contribution in [0.5, 0.6) is 5.75 Å². The molecule has 30 heavy (non-hydrogen) atoms. The molecule has 0 aliphatic rings. The van der Waals surface area contributed by atoms with Gasteiger partial charge < -0.3 is 13.9 Å². The van der Waals surface area contributed by atoms with Crippen LogP contribution in [0, 0.1) is 13.8 Å². The molecule has 152 valence electrons. The average molecular weight is 403 g/mol. The molecule has 0 unspecified atom stereocenters. The summed E-state index contributed by atoms with van der Waals surface area (Å²) in [5, 5.41) is 9.01. The van der Waals surface area contributed by atoms with E-state index in [0.717, 1.165) is 27.8 Å². The lowest BCUT2D eigenvalue weighted by Gasteiger charge is -2.14. The molecule has 2 heterocycles. The Morgan fingerprint density at radius 3 is 2.50 bits per heavy atom. The van der Waals surface area contributed by atoms with E-state index in [1.165, 1.54) is 0 Å². The van der Waals surface area contributed by atoms with Crippen molar-refractivity contribution in [2.45, 2.75) is 26.9 Å². The zero-order chi connectivity index (χ0) is 21.3. The van der Waals surface area contributed by atoms with Gasteiger partial charge in [0.05, 0.1) is 23.9 Å². The topological polar surface area (TPSA) is 87.3 Å². The Morgan fingerprint density at radius 2 is 1.77 bits per heavy atom. The molecule has 0 bridgehead atoms. The van der Waals surface area contributed by atoms with Gasteiger partial charge >= 0.3 is 5.97 Å². The fourth-order valence-electron chi connectivity index (χ4n) is 3.35. The summed E-state index contributed by atoms with van der Waals surface area (Å²) in [5.74, 6) is 0.823. The summed E-state index contributed by atoms with van der Waals surface area (Å²) in [4.78, 5) is 17.4. The zero-order valence-electron chi connectivity index (χ0n) is 17.2. The number of fused-ring (bicyclic) bond motifs is 1. The van der Waals surface area contributed by atoms with Crippen LogP contribution in [0.15, 0.2) is 52.9 Å². The van der Waals surface area contributed by atoms with Crippen LogP contribution in [-0.4, -0.2) is 28.3 Å². The number of aromatic nitrogens is 3. The standard InChI is InChI=1S/C23H21N3O4/c1-13-18-7-5-6-8-19(18)24-14(2)20(13)23(27)29-15(3)21-25-26-22(30-21)16-9-11-17(28-4)12-10-16/h5-12,15H,1-4H3/t15-/m1/s1. The van der Waals surface area contributed by atoms with Crippen molar-refractivity contribution in [3.8, 4) is 17.2 Å². The first kappa shape index (κ1) is 19.6. The number of esters is 1. The Balaban J connectivity index is 1.56. The molecule has 7 heteroatoms. The average Bonchev–Trinajstić information content (AvgIpc) is 3.24. The summed E-state index contributed by atoms with van der Waals surface area (Å²) >= 11 is 0. The lowest BCUT2D eigenvalue weighted by atomic mass is 10.0. The molecule has 0 fully saturated rings. The molecule has 7 nitrogen and oxygen atoms in total. The fraction of sp³-hybridized carbons (Fsp3) is 0.217. The molecule has 1 atom stereocenters. The van der Waals surface area contributed by atoms with E-state index in [-0.39, 0.29) is 5.89 Å². The Kier molecular flexibility index (Phi) is 5.18. The molecular weight excluding hydrogens is 382 g/mol. The van der Waals surface area contributed by atoms with E-state index < -0.39 is 12.1 Å². The summed E-state index contributed by atoms with van der Waals surface area (Å²) in [5.41, 5.74) is 3.50. The third kappa shape index (κ3) is 3.61. The monoisotopic (exact) mass is 403 g/mol. The minimum Gasteiger partial charge on any atom is -0.497 e. The third-order valence-corrected chi connectivity index (χ3v) is 4.95. The van der Waals surface area contributed by atoms with Gasteiger partial charge in [-0.25, -0.2) is 4.79 Å². The van der Waals surface area contributed by atoms with E-state index in [9.17, 15) is 4.79 Å². The second kappa shape index (κ2) is 7.94. The van der Waals surface area contributed by atoms with Crippen LogP contribution in [0.4, 0.5) is 0 Å². The van der Waals surface area contributed by atoms with Gasteiger partial charge in [0.15, 0.2) is 6.10 Å². The largest absolute Gasteiger partial charge is 0.497 e. The molecule has 0 N–H and O–H groups in total. The quantitative estimate of drug-likeness (QED) is 0.441. The van der Waals surface area contributed by atoms with Crippen LogP contribution in [0.3, 0.4) is 0 Å². The summed E-state index contributed by atoms with van der Waals surface area (Å²) in [6.45, 7) is 5.39. The first-order chi connectivity index (χ1) is 14.5. The predicted octanol–water partition coefficient (Wildman–Crippen LogP) is 4.83. The predicted molar refractivity (Wildman–Crippen MR) is 111 cm³/mol. The van der Waals surface area contributed by atoms with Gasteiger partial charge in [-0.2, -0.15) is 0 Å². The number of hydrogen-bond acceptors (Lipinski definition) is 7. The van der Waals surface area contributed by atoms with Gasteiger partial charge in [-0.05, 0) is 56.7 Å². The number of benzene rings is 2. The lowest BCUT2D eigenvalue weighted by molar-refractivity contribution is 0.0278. The van der Waals surface area contributed by atoms with Gasteiger partial charge in [0.25, 0.3) is 5.89 Å². The number of para-hydroxylation sites is 1. The Hall–Kier alpha value is -3.74. The number of carbonyl (C=O) groups excluding carboxylic acids is 1. The van der Waals surface area contributed by atoms with Crippen LogP contribution in [0.25, 0.3) is 22.4 Å². The van der Waals surface area contributed by atoms with Crippen LogP contribution >= 0.6 is 0 Å². The molecule has 0 saturated heterocycles. The SMILES string of the molecule is COc1ccc(-c2nnc([C@@H](C)OC(=O)c3c(C)nc4ccccc4c3C)o2)cc1. The minimum atomic E-state index is -0.706. The molecule has 4 aromatic rings. The van der Waals surface area contributed by atoms with Gasteiger partial charge in [-0.3, -0.25) is 4.98 Å². The summed E-state index contributed by atoms with van der Waals surface area (Å²) in [7, 11) is 1.60. The van der Waals surface area contributed by atoms with Crippen LogP contribution in [0.1, 0.15) is 40.5 Å². The van der Waals surface area contributed by atoms with E-state index >= 15 is 0 Å². The van der Waals surface area contributed by atoms with Crippen LogP contribution < -0.4 is 4.74 Å². The van der Waals surface area contributed by atoms with Crippen molar-refractivity contribution in [3.05, 3.63) is 71.2 Å². The number of carbonyl (C=O) groups is 1. The van der Waals surface area contributed by atoms with E-state index in [0.29, 0.717) is 17.1 Å². The van der Waals surface area contributed by atoms with E-state index in [4.69, 9.17) is 13.9 Å². The highest BCUT2D eigenvalue weighted by atomic mass is 16.6. The zero-order valence-corrected chi connectivity index (χ0v) is 17.2. The number of methoxy groups -OCH3 is 1. The number of ether oxygens (including phenoxy) is 2. The maximum absolute atomic E-state index is 12.9. The number of rotatable bonds is 5. The number of aryl methyl sites for hydroxylation is 2. The fourth-order valence-corrected chi connectivity index (χ4v) is 3.35. The Morgan fingerprint density at radius 1 is 1.03 bits per heavy atom. The normalized spacial score (nSPS) is 12.0. The highest BCUT2D eigenvalue weighted by molar-refractivity contribution is 5.98. The number of hydrogen-bond donors (Lipinski definition) is 0. The minimum absolute atomic E-state index is 0.221. The van der Waals surface area contributed by atoms with Crippen LogP contribution in [0.2, 0.25) is 0 Å². The van der Waals surface area contributed by atoms with Crippen molar-refractivity contribution >= 4 is 16.9 Å². The summed E-state index contributed by atoms with van der Waals surface area (Å²) in [6, 6.07) is 15.0. The van der Waals surface area contributed by atoms with Gasteiger partial charge in [-0.15, -0.1) is 10.2 Å². The first-order valence-corrected chi connectivity index (χ1v) is 9.52. The van der Waals surface area contributed by atoms with Crippen molar-refractivity contribution in [2.75, 3.05) is 7.11 Å². The lowest BCUT2D eigenvalue weighted by Crippen LogP contribution is -2.13. The van der Waals surface area contributed by atoms with Crippen molar-refractivity contribution in [2.24, 2.45) is 0 Å². The molecular formula is C23H21N3O4. The van der Waals surface area contributed by atoms with Crippen molar-refractivity contribution in [1.82, 2.24) is 15.2 Å². The summed E-state index contributed by atoms with van der Waals surface area (Å²) in [6.07, 6.45) is -0.706. The number of pyridine rings is 1. The van der Waals surface area contributed by atoms with Gasteiger partial charge in [-0.1, -0.05) is 18.2 Å². The molecule has 4 rings (SSSR count). The molecule has 0 amide bonds.